The number of hydrogen-bond donors (Lipinski definition) is 1. The largest absolute Gasteiger partial charge is 0.391 e. The second-order valence-electron chi connectivity index (χ2n) is 5.31. The first-order valence-electron chi connectivity index (χ1n) is 6.80. The van der Waals surface area contributed by atoms with Crippen LogP contribution in [0.5, 0.6) is 0 Å². The molecule has 0 bridgehead atoms. The number of oxime groups is 1. The summed E-state index contributed by atoms with van der Waals surface area (Å²) in [7, 11) is 0. The summed E-state index contributed by atoms with van der Waals surface area (Å²) in [5.74, 6) is 0.759. The summed E-state index contributed by atoms with van der Waals surface area (Å²) < 4.78 is 0. The van der Waals surface area contributed by atoms with Crippen LogP contribution in [0.1, 0.15) is 31.4 Å². The third-order valence-corrected chi connectivity index (χ3v) is 4.20. The van der Waals surface area contributed by atoms with Gasteiger partial charge in [-0.25, -0.2) is 0 Å². The van der Waals surface area contributed by atoms with Crippen molar-refractivity contribution in [2.45, 2.75) is 38.2 Å². The van der Waals surface area contributed by atoms with Crippen molar-refractivity contribution in [3.63, 3.8) is 0 Å². The lowest BCUT2D eigenvalue weighted by Gasteiger charge is -2.25. The van der Waals surface area contributed by atoms with Crippen LogP contribution < -0.4 is 4.90 Å². The van der Waals surface area contributed by atoms with E-state index in [1.807, 2.05) is 0 Å². The van der Waals surface area contributed by atoms with E-state index in [1.165, 1.54) is 0 Å². The minimum atomic E-state index is -0.0655. The molecule has 0 unspecified atom stereocenters. The zero-order valence-electron chi connectivity index (χ0n) is 10.5. The number of amides is 1. The lowest BCUT2D eigenvalue weighted by Crippen LogP contribution is -2.42. The Morgan fingerprint density at radius 1 is 1.32 bits per heavy atom. The average Bonchev–Trinajstić information content (AvgIpc) is 3.12. The van der Waals surface area contributed by atoms with Gasteiger partial charge in [0.15, 0.2) is 11.5 Å². The number of anilines is 1. The summed E-state index contributed by atoms with van der Waals surface area (Å²) in [6.07, 6.45) is 4.99. The Labute approximate surface area is 110 Å². The molecular formula is C12H15N5O2. The number of hydrogen-bond acceptors (Lipinski definition) is 5. The summed E-state index contributed by atoms with van der Waals surface area (Å²) >= 11 is 0. The van der Waals surface area contributed by atoms with Gasteiger partial charge in [-0.1, -0.05) is 5.16 Å². The number of rotatable bonds is 1. The predicted octanol–water partition coefficient (Wildman–Crippen LogP) is 0.639. The van der Waals surface area contributed by atoms with Gasteiger partial charge in [0, 0.05) is 12.5 Å². The molecule has 19 heavy (non-hydrogen) atoms. The summed E-state index contributed by atoms with van der Waals surface area (Å²) in [5.41, 5.74) is 1.43. The van der Waals surface area contributed by atoms with Gasteiger partial charge in [0.05, 0.1) is 0 Å². The highest BCUT2D eigenvalue weighted by atomic mass is 16.6. The molecule has 1 N–H and O–H groups in total. The van der Waals surface area contributed by atoms with E-state index in [9.17, 15) is 4.79 Å². The first kappa shape index (κ1) is 11.0. The van der Waals surface area contributed by atoms with E-state index in [2.05, 4.69) is 20.6 Å². The fourth-order valence-corrected chi connectivity index (χ4v) is 3.23. The van der Waals surface area contributed by atoms with Crippen molar-refractivity contribution in [1.82, 2.24) is 15.4 Å². The van der Waals surface area contributed by atoms with Gasteiger partial charge in [0.2, 0.25) is 0 Å². The molecule has 2 atom stereocenters. The molecule has 4 rings (SSSR count). The average molecular weight is 261 g/mol. The molecule has 3 heterocycles. The van der Waals surface area contributed by atoms with Crippen molar-refractivity contribution in [2.24, 2.45) is 11.1 Å². The molecule has 1 saturated carbocycles. The highest BCUT2D eigenvalue weighted by Crippen LogP contribution is 2.35. The maximum Gasteiger partial charge on any atom is 0.277 e. The van der Waals surface area contributed by atoms with Crippen molar-refractivity contribution >= 4 is 17.4 Å². The Hall–Kier alpha value is -1.92. The zero-order valence-corrected chi connectivity index (χ0v) is 10.5. The SMILES string of the molecule is O=C(C1=NO[C@@H]2CCC[C@H]12)N1CCCc2n[nH]nc21. The second-order valence-corrected chi connectivity index (χ2v) is 5.31. The summed E-state index contributed by atoms with van der Waals surface area (Å²) in [5, 5.41) is 14.8. The van der Waals surface area contributed by atoms with Crippen molar-refractivity contribution in [1.29, 1.82) is 0 Å². The number of aromatic amines is 1. The van der Waals surface area contributed by atoms with Gasteiger partial charge < -0.3 is 4.84 Å². The molecule has 1 aromatic rings. The minimum absolute atomic E-state index is 0.0655. The van der Waals surface area contributed by atoms with Gasteiger partial charge in [0.25, 0.3) is 5.91 Å². The van der Waals surface area contributed by atoms with Crippen molar-refractivity contribution in [3.8, 4) is 0 Å². The Kier molecular flexibility index (Phi) is 2.33. The lowest BCUT2D eigenvalue weighted by atomic mass is 9.98. The van der Waals surface area contributed by atoms with Crippen LogP contribution in [-0.2, 0) is 16.1 Å². The molecule has 2 aliphatic heterocycles. The van der Waals surface area contributed by atoms with Crippen LogP contribution in [0.15, 0.2) is 5.16 Å². The van der Waals surface area contributed by atoms with Crippen LogP contribution in [-0.4, -0.2) is 39.7 Å². The molecule has 7 heteroatoms. The molecule has 1 aromatic heterocycles. The number of nitrogens with zero attached hydrogens (tertiary/aromatic N) is 4. The molecule has 1 amide bonds. The predicted molar refractivity (Wildman–Crippen MR) is 66.7 cm³/mol. The Morgan fingerprint density at radius 3 is 3.21 bits per heavy atom. The van der Waals surface area contributed by atoms with E-state index in [0.29, 0.717) is 18.1 Å². The van der Waals surface area contributed by atoms with Crippen LogP contribution in [0.3, 0.4) is 0 Å². The quantitative estimate of drug-likeness (QED) is 0.804. The molecule has 7 nitrogen and oxygen atoms in total. The third-order valence-electron chi connectivity index (χ3n) is 4.20. The fraction of sp³-hybridized carbons (Fsp3) is 0.667. The molecule has 100 valence electrons. The topological polar surface area (TPSA) is 83.5 Å². The number of carbonyl (C=O) groups is 1. The molecule has 3 aliphatic rings. The normalized spacial score (nSPS) is 28.6. The number of H-pyrrole nitrogens is 1. The van der Waals surface area contributed by atoms with Gasteiger partial charge in [-0.15, -0.1) is 5.10 Å². The molecular weight excluding hydrogens is 246 g/mol. The van der Waals surface area contributed by atoms with Crippen LogP contribution in [0.2, 0.25) is 0 Å². The monoisotopic (exact) mass is 261 g/mol. The smallest absolute Gasteiger partial charge is 0.277 e. The summed E-state index contributed by atoms with van der Waals surface area (Å²) in [4.78, 5) is 19.7. The van der Waals surface area contributed by atoms with E-state index >= 15 is 0 Å². The highest BCUT2D eigenvalue weighted by molar-refractivity contribution is 6.44. The molecule has 1 fully saturated rings. The van der Waals surface area contributed by atoms with Gasteiger partial charge in [-0.3, -0.25) is 9.69 Å². The molecule has 0 aromatic carbocycles. The van der Waals surface area contributed by atoms with Gasteiger partial charge >= 0.3 is 0 Å². The molecule has 1 aliphatic carbocycles. The molecule has 0 radical (unpaired) electrons. The van der Waals surface area contributed by atoms with E-state index < -0.39 is 0 Å². The number of fused-ring (bicyclic) bond motifs is 2. The molecule has 0 saturated heterocycles. The van der Waals surface area contributed by atoms with Gasteiger partial charge in [-0.2, -0.15) is 10.3 Å². The summed E-state index contributed by atoms with van der Waals surface area (Å²) in [6.45, 7) is 0.675. The number of carbonyl (C=O) groups excluding carboxylic acids is 1. The number of aryl methyl sites for hydroxylation is 1. The number of aromatic nitrogens is 3. The maximum atomic E-state index is 12.6. The van der Waals surface area contributed by atoms with Crippen LogP contribution in [0, 0.1) is 5.92 Å². The van der Waals surface area contributed by atoms with Crippen LogP contribution in [0.25, 0.3) is 0 Å². The summed E-state index contributed by atoms with van der Waals surface area (Å²) in [6, 6.07) is 0. The Bertz CT molecular complexity index is 552. The first-order valence-corrected chi connectivity index (χ1v) is 6.80. The highest BCUT2D eigenvalue weighted by Gasteiger charge is 2.43. The van der Waals surface area contributed by atoms with E-state index in [4.69, 9.17) is 4.84 Å². The minimum Gasteiger partial charge on any atom is -0.391 e. The fourth-order valence-electron chi connectivity index (χ4n) is 3.23. The van der Waals surface area contributed by atoms with Gasteiger partial charge in [-0.05, 0) is 32.1 Å². The third kappa shape index (κ3) is 1.57. The van der Waals surface area contributed by atoms with Crippen molar-refractivity contribution in [3.05, 3.63) is 5.69 Å². The Morgan fingerprint density at radius 2 is 2.26 bits per heavy atom. The van der Waals surface area contributed by atoms with Crippen LogP contribution >= 0.6 is 0 Å². The lowest BCUT2D eigenvalue weighted by molar-refractivity contribution is -0.112. The zero-order chi connectivity index (χ0) is 12.8. The number of nitrogens with one attached hydrogen (secondary N) is 1. The standard InChI is InChI=1S/C12H15N5O2/c18-12(10-7-3-1-5-9(7)19-15-10)17-6-2-4-8-11(17)14-16-13-8/h7,9H,1-6H2,(H,13,14,16)/t7-,9+/m0/s1. The van der Waals surface area contributed by atoms with E-state index in [1.54, 1.807) is 4.90 Å². The van der Waals surface area contributed by atoms with E-state index in [-0.39, 0.29) is 17.9 Å². The van der Waals surface area contributed by atoms with Gasteiger partial charge in [0.1, 0.15) is 11.8 Å². The second kappa shape index (κ2) is 4.04. The maximum absolute atomic E-state index is 12.6. The van der Waals surface area contributed by atoms with Crippen molar-refractivity contribution < 1.29 is 9.63 Å². The van der Waals surface area contributed by atoms with E-state index in [0.717, 1.165) is 37.8 Å². The van der Waals surface area contributed by atoms with Crippen molar-refractivity contribution in [2.75, 3.05) is 11.4 Å². The van der Waals surface area contributed by atoms with Crippen LogP contribution in [0.4, 0.5) is 5.82 Å². The molecule has 0 spiro atoms. The Balaban J connectivity index is 1.62. The first-order chi connectivity index (χ1) is 9.34.